The monoisotopic (exact) mass is 507 g/mol. The summed E-state index contributed by atoms with van der Waals surface area (Å²) < 4.78 is 0. The number of amides is 3. The number of thioether (sulfide) groups is 1. The van der Waals surface area contributed by atoms with Crippen LogP contribution >= 0.6 is 11.8 Å². The lowest BCUT2D eigenvalue weighted by atomic mass is 10.0. The Morgan fingerprint density at radius 2 is 2.00 bits per heavy atom. The minimum Gasteiger partial charge on any atom is -0.399 e. The largest absolute Gasteiger partial charge is 0.399 e. The number of carbonyl (C=O) groups excluding carboxylic acids is 2. The summed E-state index contributed by atoms with van der Waals surface area (Å²) in [4.78, 5) is 36.4. The van der Waals surface area contributed by atoms with E-state index >= 15 is 0 Å². The molecular formula is C23H37N7O4S. The van der Waals surface area contributed by atoms with E-state index in [1.807, 2.05) is 18.8 Å². The molecule has 0 radical (unpaired) electrons. The average molecular weight is 508 g/mol. The van der Waals surface area contributed by atoms with Gasteiger partial charge in [-0.2, -0.15) is 11.8 Å². The highest BCUT2D eigenvalue weighted by atomic mass is 32.2. The molecule has 0 spiro atoms. The highest BCUT2D eigenvalue weighted by Crippen LogP contribution is 2.33. The Kier molecular flexibility index (Phi) is 10.3. The molecule has 0 saturated carbocycles. The molecule has 2 aliphatic rings. The molecule has 1 unspecified atom stereocenters. The van der Waals surface area contributed by atoms with Crippen molar-refractivity contribution in [3.05, 3.63) is 28.3 Å². The van der Waals surface area contributed by atoms with E-state index in [9.17, 15) is 19.7 Å². The molecule has 194 valence electrons. The summed E-state index contributed by atoms with van der Waals surface area (Å²) in [5.74, 6) is 1.06. The van der Waals surface area contributed by atoms with E-state index in [-0.39, 0.29) is 29.7 Å². The van der Waals surface area contributed by atoms with Gasteiger partial charge in [-0.05, 0) is 58.0 Å². The maximum absolute atomic E-state index is 12.1. The Bertz CT molecular complexity index is 887. The summed E-state index contributed by atoms with van der Waals surface area (Å²) in [6.45, 7) is 2.98. The molecule has 0 aromatic heterocycles. The number of hydrogen-bond acceptors (Lipinski definition) is 8. The third kappa shape index (κ3) is 8.46. The smallest absolute Gasteiger partial charge is 0.315 e. The van der Waals surface area contributed by atoms with Crippen LogP contribution in [-0.2, 0) is 4.79 Å². The molecule has 2 aliphatic heterocycles. The Hall–Kier alpha value is -2.73. The van der Waals surface area contributed by atoms with E-state index in [0.29, 0.717) is 36.1 Å². The van der Waals surface area contributed by atoms with Gasteiger partial charge in [0.05, 0.1) is 17.0 Å². The number of unbranched alkanes of at least 4 members (excludes halogenated alkanes) is 1. The first-order chi connectivity index (χ1) is 16.8. The quantitative estimate of drug-likeness (QED) is 0.0795. The molecule has 3 rings (SSSR count). The number of fused-ring (bicyclic) bond motifs is 1. The minimum atomic E-state index is -0.434. The fourth-order valence-corrected chi connectivity index (χ4v) is 6.02. The number of nitrogens with zero attached hydrogens (tertiary/aromatic N) is 2. The molecule has 2 fully saturated rings. The molecule has 11 nitrogen and oxygen atoms in total. The SMILES string of the molecule is CN(CCCNC(=O)CCCCC1SC[C@@H]2NC(=O)N[C@H]12)CCCNc1ccc(N)cc1[N+](=O)[O-]. The minimum absolute atomic E-state index is 0.0141. The maximum Gasteiger partial charge on any atom is 0.315 e. The number of nitrogens with one attached hydrogen (secondary N) is 4. The average Bonchev–Trinajstić information content (AvgIpc) is 3.37. The second-order valence-corrected chi connectivity index (χ2v) is 10.5. The van der Waals surface area contributed by atoms with Crippen LogP contribution in [0.4, 0.5) is 21.9 Å². The Morgan fingerprint density at radius 3 is 2.77 bits per heavy atom. The van der Waals surface area contributed by atoms with Crippen LogP contribution in [0.2, 0.25) is 0 Å². The van der Waals surface area contributed by atoms with Crippen molar-refractivity contribution >= 4 is 40.8 Å². The van der Waals surface area contributed by atoms with Crippen LogP contribution in [0.1, 0.15) is 38.5 Å². The highest BCUT2D eigenvalue weighted by molar-refractivity contribution is 8.00. The number of nitrogens with two attached hydrogens (primary N) is 1. The Labute approximate surface area is 210 Å². The van der Waals surface area contributed by atoms with Crippen LogP contribution in [-0.4, -0.2) is 78.1 Å². The molecule has 35 heavy (non-hydrogen) atoms. The molecule has 2 saturated heterocycles. The van der Waals surface area contributed by atoms with Crippen molar-refractivity contribution in [3.8, 4) is 0 Å². The molecule has 0 bridgehead atoms. The fourth-order valence-electron chi connectivity index (χ4n) is 4.47. The lowest BCUT2D eigenvalue weighted by molar-refractivity contribution is -0.383. The van der Waals surface area contributed by atoms with Crippen molar-refractivity contribution in [1.29, 1.82) is 0 Å². The molecule has 3 atom stereocenters. The number of urea groups is 1. The number of nitrogen functional groups attached to an aromatic ring is 1. The topological polar surface area (TPSA) is 155 Å². The normalized spacial score (nSPS) is 20.9. The first kappa shape index (κ1) is 26.9. The molecule has 3 amide bonds. The summed E-state index contributed by atoms with van der Waals surface area (Å²) in [7, 11) is 2.03. The number of nitro benzene ring substituents is 1. The molecule has 0 aliphatic carbocycles. The van der Waals surface area contributed by atoms with E-state index in [2.05, 4.69) is 26.2 Å². The van der Waals surface area contributed by atoms with Gasteiger partial charge in [0, 0.05) is 42.3 Å². The predicted molar refractivity (Wildman–Crippen MR) is 140 cm³/mol. The zero-order chi connectivity index (χ0) is 25.2. The second-order valence-electron chi connectivity index (χ2n) is 9.19. The van der Waals surface area contributed by atoms with E-state index in [4.69, 9.17) is 5.73 Å². The number of benzene rings is 1. The fraction of sp³-hybridized carbons (Fsp3) is 0.652. The van der Waals surface area contributed by atoms with Gasteiger partial charge in [-0.1, -0.05) is 6.42 Å². The van der Waals surface area contributed by atoms with E-state index < -0.39 is 4.92 Å². The van der Waals surface area contributed by atoms with Gasteiger partial charge in [-0.3, -0.25) is 14.9 Å². The summed E-state index contributed by atoms with van der Waals surface area (Å²) in [6.07, 6.45) is 5.11. The van der Waals surface area contributed by atoms with Crippen molar-refractivity contribution in [1.82, 2.24) is 20.9 Å². The third-order valence-corrected chi connectivity index (χ3v) is 7.88. The van der Waals surface area contributed by atoms with Crippen LogP contribution in [0, 0.1) is 10.1 Å². The standard InChI is InChI=1S/C23H37N7O4S/c1-29(12-4-10-25-17-9-8-16(24)14-19(17)30(33)34)13-5-11-26-21(31)7-3-2-6-20-22-18(15-35-20)27-23(32)28-22/h8-9,14,18,20,22,25H,2-7,10-13,15,24H2,1H3,(H,26,31)(H2,27,28,32)/t18-,20?,22-/m0/s1. The predicted octanol–water partition coefficient (Wildman–Crippen LogP) is 2.14. The van der Waals surface area contributed by atoms with E-state index in [0.717, 1.165) is 50.9 Å². The van der Waals surface area contributed by atoms with Crippen LogP contribution < -0.4 is 27.0 Å². The summed E-state index contributed by atoms with van der Waals surface area (Å²) >= 11 is 1.90. The van der Waals surface area contributed by atoms with Gasteiger partial charge in [-0.25, -0.2) is 4.79 Å². The number of nitro groups is 1. The summed E-state index contributed by atoms with van der Waals surface area (Å²) in [5.41, 5.74) is 6.46. The van der Waals surface area contributed by atoms with Gasteiger partial charge in [0.1, 0.15) is 5.69 Å². The van der Waals surface area contributed by atoms with Crippen molar-refractivity contribution in [2.75, 3.05) is 50.0 Å². The number of anilines is 2. The number of hydrogen-bond donors (Lipinski definition) is 5. The molecule has 12 heteroatoms. The van der Waals surface area contributed by atoms with Gasteiger partial charge >= 0.3 is 6.03 Å². The molecule has 6 N–H and O–H groups in total. The lowest BCUT2D eigenvalue weighted by Gasteiger charge is -2.17. The molecule has 1 aromatic carbocycles. The summed E-state index contributed by atoms with van der Waals surface area (Å²) in [6, 6.07) is 5.06. The van der Waals surface area contributed by atoms with E-state index in [1.54, 1.807) is 12.1 Å². The maximum atomic E-state index is 12.1. The van der Waals surface area contributed by atoms with Crippen LogP contribution in [0.3, 0.4) is 0 Å². The Morgan fingerprint density at radius 1 is 1.23 bits per heavy atom. The van der Waals surface area contributed by atoms with Crippen LogP contribution in [0.25, 0.3) is 0 Å². The van der Waals surface area contributed by atoms with Gasteiger partial charge in [0.15, 0.2) is 0 Å². The van der Waals surface area contributed by atoms with Crippen molar-refractivity contribution in [3.63, 3.8) is 0 Å². The van der Waals surface area contributed by atoms with Crippen LogP contribution in [0.15, 0.2) is 18.2 Å². The van der Waals surface area contributed by atoms with Crippen LogP contribution in [0.5, 0.6) is 0 Å². The summed E-state index contributed by atoms with van der Waals surface area (Å²) in [5, 5.41) is 23.6. The Balaban J connectivity index is 1.18. The van der Waals surface area contributed by atoms with Gasteiger partial charge in [0.25, 0.3) is 5.69 Å². The van der Waals surface area contributed by atoms with Crippen molar-refractivity contribution < 1.29 is 14.5 Å². The van der Waals surface area contributed by atoms with Gasteiger partial charge in [0.2, 0.25) is 5.91 Å². The lowest BCUT2D eigenvalue weighted by Crippen LogP contribution is -2.36. The van der Waals surface area contributed by atoms with Gasteiger partial charge in [-0.15, -0.1) is 0 Å². The highest BCUT2D eigenvalue weighted by Gasteiger charge is 2.42. The van der Waals surface area contributed by atoms with Crippen molar-refractivity contribution in [2.45, 2.75) is 55.9 Å². The molecular weight excluding hydrogens is 470 g/mol. The molecule has 1 aromatic rings. The third-order valence-electron chi connectivity index (χ3n) is 6.37. The van der Waals surface area contributed by atoms with E-state index in [1.165, 1.54) is 6.07 Å². The zero-order valence-corrected chi connectivity index (χ0v) is 21.1. The number of rotatable bonds is 15. The second kappa shape index (κ2) is 13.4. The zero-order valence-electron chi connectivity index (χ0n) is 20.3. The molecule has 2 heterocycles. The first-order valence-corrected chi connectivity index (χ1v) is 13.3. The number of carbonyl (C=O) groups is 2. The van der Waals surface area contributed by atoms with Gasteiger partial charge < -0.3 is 31.9 Å². The first-order valence-electron chi connectivity index (χ1n) is 12.2. The van der Waals surface area contributed by atoms with Crippen molar-refractivity contribution in [2.24, 2.45) is 0 Å².